The molecule has 5 heteroatoms. The number of hydrogen-bond acceptors (Lipinski definition) is 2. The maximum absolute atomic E-state index is 9.81. The van der Waals surface area contributed by atoms with E-state index in [9.17, 15) is 5.11 Å². The third-order valence-electron chi connectivity index (χ3n) is 2.59. The highest BCUT2D eigenvalue weighted by molar-refractivity contribution is 9.10. The lowest BCUT2D eigenvalue weighted by Crippen LogP contribution is -2.12. The van der Waals surface area contributed by atoms with E-state index in [-0.39, 0.29) is 24.2 Å². The van der Waals surface area contributed by atoms with Crippen LogP contribution in [0.4, 0.5) is 0 Å². The largest absolute Gasteiger partial charge is 0.506 e. The minimum absolute atomic E-state index is 0. The summed E-state index contributed by atoms with van der Waals surface area (Å²) in [7, 11) is 0. The summed E-state index contributed by atoms with van der Waals surface area (Å²) < 4.78 is 0.535. The van der Waals surface area contributed by atoms with Gasteiger partial charge in [-0.3, -0.25) is 0 Å². The SMILES string of the molecule is Cl.N[C@H](c1ccc(Cl)c(Br)c1O)C1CC1. The van der Waals surface area contributed by atoms with Crippen molar-refractivity contribution in [1.82, 2.24) is 0 Å². The van der Waals surface area contributed by atoms with Crippen LogP contribution < -0.4 is 5.73 Å². The van der Waals surface area contributed by atoms with Crippen LogP contribution in [0.15, 0.2) is 16.6 Å². The van der Waals surface area contributed by atoms with Crippen LogP contribution in [0.3, 0.4) is 0 Å². The van der Waals surface area contributed by atoms with Crippen LogP contribution >= 0.6 is 39.9 Å². The second-order valence-electron chi connectivity index (χ2n) is 3.66. The molecule has 0 saturated heterocycles. The van der Waals surface area contributed by atoms with Gasteiger partial charge >= 0.3 is 0 Å². The first-order valence-corrected chi connectivity index (χ1v) is 5.71. The molecule has 2 nitrogen and oxygen atoms in total. The van der Waals surface area contributed by atoms with Crippen LogP contribution in [-0.2, 0) is 0 Å². The van der Waals surface area contributed by atoms with E-state index in [1.165, 1.54) is 0 Å². The Balaban J connectivity index is 0.00000112. The molecule has 1 aliphatic rings. The molecule has 1 fully saturated rings. The quantitative estimate of drug-likeness (QED) is 0.875. The van der Waals surface area contributed by atoms with E-state index >= 15 is 0 Å². The molecule has 1 aromatic rings. The molecule has 0 aliphatic heterocycles. The second-order valence-corrected chi connectivity index (χ2v) is 4.86. The number of hydrogen-bond donors (Lipinski definition) is 2. The lowest BCUT2D eigenvalue weighted by molar-refractivity contribution is 0.453. The van der Waals surface area contributed by atoms with Crippen LogP contribution in [0, 0.1) is 5.92 Å². The van der Waals surface area contributed by atoms with Gasteiger partial charge in [-0.2, -0.15) is 0 Å². The van der Waals surface area contributed by atoms with Crippen LogP contribution in [-0.4, -0.2) is 5.11 Å². The first-order chi connectivity index (χ1) is 6.61. The molecule has 1 saturated carbocycles. The fraction of sp³-hybridized carbons (Fsp3) is 0.400. The third-order valence-corrected chi connectivity index (χ3v) is 3.94. The Hall–Kier alpha value is 0.0400. The van der Waals surface area contributed by atoms with Gasteiger partial charge in [0.25, 0.3) is 0 Å². The molecule has 0 amide bonds. The van der Waals surface area contributed by atoms with Crippen LogP contribution in [0.2, 0.25) is 5.02 Å². The Kier molecular flexibility index (Phi) is 4.29. The van der Waals surface area contributed by atoms with Gasteiger partial charge < -0.3 is 10.8 Å². The summed E-state index contributed by atoms with van der Waals surface area (Å²) >= 11 is 9.07. The summed E-state index contributed by atoms with van der Waals surface area (Å²) in [6, 6.07) is 3.48. The average molecular weight is 313 g/mol. The molecular formula is C10H12BrCl2NO. The molecule has 2 rings (SSSR count). The van der Waals surface area contributed by atoms with Crippen molar-refractivity contribution in [2.75, 3.05) is 0 Å². The Morgan fingerprint density at radius 3 is 2.60 bits per heavy atom. The van der Waals surface area contributed by atoms with Gasteiger partial charge in [-0.15, -0.1) is 12.4 Å². The number of nitrogens with two attached hydrogens (primary N) is 1. The van der Waals surface area contributed by atoms with Crippen molar-refractivity contribution in [3.63, 3.8) is 0 Å². The van der Waals surface area contributed by atoms with Gasteiger partial charge in [-0.1, -0.05) is 17.7 Å². The molecule has 0 bridgehead atoms. The minimum Gasteiger partial charge on any atom is -0.506 e. The monoisotopic (exact) mass is 311 g/mol. The van der Waals surface area contributed by atoms with Crippen molar-refractivity contribution < 1.29 is 5.11 Å². The predicted octanol–water partition coefficient (Wildman–Crippen LogP) is 3.64. The van der Waals surface area contributed by atoms with Gasteiger partial charge in [0.1, 0.15) is 5.75 Å². The van der Waals surface area contributed by atoms with E-state index < -0.39 is 0 Å². The normalized spacial score (nSPS) is 17.0. The van der Waals surface area contributed by atoms with E-state index in [1.807, 2.05) is 0 Å². The Morgan fingerprint density at radius 1 is 1.47 bits per heavy atom. The molecule has 15 heavy (non-hydrogen) atoms. The van der Waals surface area contributed by atoms with Crippen LogP contribution in [0.5, 0.6) is 5.75 Å². The Labute approximate surface area is 108 Å². The molecule has 0 aromatic heterocycles. The van der Waals surface area contributed by atoms with Gasteiger partial charge in [0.2, 0.25) is 0 Å². The molecule has 84 valence electrons. The smallest absolute Gasteiger partial charge is 0.136 e. The molecule has 1 aromatic carbocycles. The van der Waals surface area contributed by atoms with Crippen molar-refractivity contribution in [1.29, 1.82) is 0 Å². The van der Waals surface area contributed by atoms with Crippen molar-refractivity contribution >= 4 is 39.9 Å². The summed E-state index contributed by atoms with van der Waals surface area (Å²) in [5.41, 5.74) is 6.78. The number of phenols is 1. The summed E-state index contributed by atoms with van der Waals surface area (Å²) in [6.07, 6.45) is 2.31. The zero-order valence-corrected chi connectivity index (χ0v) is 11.1. The number of rotatable bonds is 2. The van der Waals surface area contributed by atoms with E-state index in [1.54, 1.807) is 12.1 Å². The van der Waals surface area contributed by atoms with Crippen molar-refractivity contribution in [2.45, 2.75) is 18.9 Å². The van der Waals surface area contributed by atoms with E-state index in [4.69, 9.17) is 17.3 Å². The van der Waals surface area contributed by atoms with Crippen LogP contribution in [0.25, 0.3) is 0 Å². The van der Waals surface area contributed by atoms with Gasteiger partial charge in [-0.05, 0) is 40.8 Å². The molecule has 1 atom stereocenters. The van der Waals surface area contributed by atoms with Crippen molar-refractivity contribution in [3.8, 4) is 5.75 Å². The predicted molar refractivity (Wildman–Crippen MR) is 67.7 cm³/mol. The topological polar surface area (TPSA) is 46.2 Å². The Bertz CT molecular complexity index is 369. The van der Waals surface area contributed by atoms with Gasteiger partial charge in [0.15, 0.2) is 0 Å². The molecule has 1 aliphatic carbocycles. The minimum atomic E-state index is -0.0661. The summed E-state index contributed by atoms with van der Waals surface area (Å²) in [4.78, 5) is 0. The maximum atomic E-state index is 9.81. The Morgan fingerprint density at radius 2 is 2.07 bits per heavy atom. The first kappa shape index (κ1) is 13.1. The van der Waals surface area contributed by atoms with E-state index in [2.05, 4.69) is 15.9 Å². The fourth-order valence-electron chi connectivity index (χ4n) is 1.53. The van der Waals surface area contributed by atoms with Crippen molar-refractivity contribution in [3.05, 3.63) is 27.2 Å². The number of halogens is 3. The summed E-state index contributed by atoms with van der Waals surface area (Å²) in [5.74, 6) is 0.700. The standard InChI is InChI=1S/C10H11BrClNO.ClH/c11-8-7(12)4-3-6(10(8)14)9(13)5-1-2-5;/h3-5,9,14H,1-2,13H2;1H/t9-;/m0./s1. The highest BCUT2D eigenvalue weighted by Crippen LogP contribution is 2.44. The van der Waals surface area contributed by atoms with Gasteiger partial charge in [0, 0.05) is 11.6 Å². The fourth-order valence-corrected chi connectivity index (χ4v) is 2.05. The lowest BCUT2D eigenvalue weighted by atomic mass is 10.0. The maximum Gasteiger partial charge on any atom is 0.136 e. The first-order valence-electron chi connectivity index (χ1n) is 4.53. The number of aromatic hydroxyl groups is 1. The van der Waals surface area contributed by atoms with E-state index in [0.29, 0.717) is 15.4 Å². The molecule has 0 heterocycles. The molecule has 0 radical (unpaired) electrons. The van der Waals surface area contributed by atoms with Crippen LogP contribution in [0.1, 0.15) is 24.4 Å². The lowest BCUT2D eigenvalue weighted by Gasteiger charge is -2.14. The zero-order chi connectivity index (χ0) is 10.3. The average Bonchev–Trinajstić information content (AvgIpc) is 2.97. The molecule has 0 unspecified atom stereocenters. The summed E-state index contributed by atoms with van der Waals surface area (Å²) in [5, 5.41) is 10.3. The molecule has 0 spiro atoms. The molecule has 3 N–H and O–H groups in total. The van der Waals surface area contributed by atoms with Gasteiger partial charge in [0.05, 0.1) is 9.50 Å². The van der Waals surface area contributed by atoms with E-state index in [0.717, 1.165) is 18.4 Å². The second kappa shape index (κ2) is 4.91. The van der Waals surface area contributed by atoms with Gasteiger partial charge in [-0.25, -0.2) is 0 Å². The van der Waals surface area contributed by atoms with Crippen molar-refractivity contribution in [2.24, 2.45) is 11.7 Å². The molecular weight excluding hydrogens is 301 g/mol. The highest BCUT2D eigenvalue weighted by atomic mass is 79.9. The highest BCUT2D eigenvalue weighted by Gasteiger charge is 2.31. The number of benzene rings is 1. The zero-order valence-electron chi connectivity index (χ0n) is 7.91. The third kappa shape index (κ3) is 2.59. The summed E-state index contributed by atoms with van der Waals surface area (Å²) in [6.45, 7) is 0. The number of phenolic OH excluding ortho intramolecular Hbond substituents is 1.